The molecule has 0 radical (unpaired) electrons. The van der Waals surface area contributed by atoms with Crippen LogP contribution in [0.2, 0.25) is 5.02 Å². The third-order valence-electron chi connectivity index (χ3n) is 3.16. The second kappa shape index (κ2) is 5.54. The molecule has 0 spiro atoms. The summed E-state index contributed by atoms with van der Waals surface area (Å²) in [4.78, 5) is 0. The van der Waals surface area contributed by atoms with E-state index in [0.717, 1.165) is 26.7 Å². The second-order valence-corrected chi connectivity index (χ2v) is 6.15. The molecule has 0 saturated carbocycles. The van der Waals surface area contributed by atoms with Crippen molar-refractivity contribution < 1.29 is 4.52 Å². The van der Waals surface area contributed by atoms with Gasteiger partial charge in [0.1, 0.15) is 0 Å². The number of halogens is 2. The molecule has 0 unspecified atom stereocenters. The lowest BCUT2D eigenvalue weighted by Gasteiger charge is -2.05. The van der Waals surface area contributed by atoms with Gasteiger partial charge in [0.25, 0.3) is 0 Å². The van der Waals surface area contributed by atoms with E-state index in [0.29, 0.717) is 16.6 Å². The van der Waals surface area contributed by atoms with Crippen LogP contribution in [-0.2, 0) is 0 Å². The van der Waals surface area contributed by atoms with E-state index >= 15 is 0 Å². The predicted octanol–water partition coefficient (Wildman–Crippen LogP) is 5.32. The van der Waals surface area contributed by atoms with Crippen molar-refractivity contribution in [1.29, 1.82) is 0 Å². The van der Waals surface area contributed by atoms with Crippen LogP contribution in [0.25, 0.3) is 22.5 Å². The molecule has 0 fully saturated rings. The number of aromatic nitrogens is 1. The highest BCUT2D eigenvalue weighted by molar-refractivity contribution is 9.10. The van der Waals surface area contributed by atoms with Gasteiger partial charge >= 0.3 is 0 Å². The van der Waals surface area contributed by atoms with E-state index in [4.69, 9.17) is 21.9 Å². The number of nitrogens with zero attached hydrogens (tertiary/aromatic N) is 1. The van der Waals surface area contributed by atoms with E-state index < -0.39 is 0 Å². The molecule has 0 aliphatic heterocycles. The smallest absolute Gasteiger partial charge is 0.176 e. The number of nitrogens with two attached hydrogens (primary N) is 1. The maximum Gasteiger partial charge on any atom is 0.176 e. The third-order valence-corrected chi connectivity index (χ3v) is 3.90. The summed E-state index contributed by atoms with van der Waals surface area (Å²) in [5, 5.41) is 4.55. The molecule has 3 nitrogen and oxygen atoms in total. The highest BCUT2D eigenvalue weighted by atomic mass is 79.9. The maximum atomic E-state index is 6.13. The van der Waals surface area contributed by atoms with Crippen molar-refractivity contribution in [3.8, 4) is 22.5 Å². The maximum absolute atomic E-state index is 6.13. The molecule has 106 valence electrons. The van der Waals surface area contributed by atoms with E-state index in [1.165, 1.54) is 0 Å². The van der Waals surface area contributed by atoms with Crippen LogP contribution in [0.15, 0.2) is 51.5 Å². The van der Waals surface area contributed by atoms with Gasteiger partial charge in [-0.2, -0.15) is 0 Å². The van der Waals surface area contributed by atoms with Gasteiger partial charge in [-0.05, 0) is 48.4 Å². The van der Waals surface area contributed by atoms with E-state index in [1.807, 2.05) is 49.4 Å². The first-order valence-electron chi connectivity index (χ1n) is 6.33. The average molecular weight is 364 g/mol. The minimum Gasteiger partial charge on any atom is -0.380 e. The molecule has 1 aromatic heterocycles. The van der Waals surface area contributed by atoms with Crippen LogP contribution in [0.5, 0.6) is 0 Å². The Balaban J connectivity index is 2.19. The Morgan fingerprint density at radius 3 is 2.48 bits per heavy atom. The molecule has 1 heterocycles. The quantitative estimate of drug-likeness (QED) is 0.671. The molecule has 3 rings (SSSR count). The number of hydrogen-bond acceptors (Lipinski definition) is 3. The summed E-state index contributed by atoms with van der Waals surface area (Å²) in [6, 6.07) is 13.6. The van der Waals surface area contributed by atoms with Crippen LogP contribution in [0.3, 0.4) is 0 Å². The molecule has 0 bridgehead atoms. The van der Waals surface area contributed by atoms with Gasteiger partial charge < -0.3 is 10.3 Å². The van der Waals surface area contributed by atoms with Crippen molar-refractivity contribution in [2.24, 2.45) is 0 Å². The lowest BCUT2D eigenvalue weighted by Crippen LogP contribution is -1.89. The fraction of sp³-hybridized carbons (Fsp3) is 0.0625. The number of benzene rings is 2. The monoisotopic (exact) mass is 362 g/mol. The van der Waals surface area contributed by atoms with E-state index in [-0.39, 0.29) is 0 Å². The summed E-state index contributed by atoms with van der Waals surface area (Å²) < 4.78 is 6.43. The molecule has 3 aromatic rings. The Labute approximate surface area is 135 Å². The summed E-state index contributed by atoms with van der Waals surface area (Å²) in [5.74, 6) is 0.991. The zero-order valence-electron chi connectivity index (χ0n) is 11.2. The number of hydrogen-bond donors (Lipinski definition) is 1. The summed E-state index contributed by atoms with van der Waals surface area (Å²) in [6.45, 7) is 1.98. The number of rotatable bonds is 2. The van der Waals surface area contributed by atoms with Crippen molar-refractivity contribution in [3.05, 3.63) is 57.5 Å². The van der Waals surface area contributed by atoms with Crippen LogP contribution in [-0.4, -0.2) is 5.16 Å². The van der Waals surface area contributed by atoms with Crippen molar-refractivity contribution in [2.75, 3.05) is 5.73 Å². The molecule has 0 aliphatic carbocycles. The van der Waals surface area contributed by atoms with Gasteiger partial charge in [-0.3, -0.25) is 0 Å². The lowest BCUT2D eigenvalue weighted by molar-refractivity contribution is 0.436. The highest BCUT2D eigenvalue weighted by Crippen LogP contribution is 2.38. The SMILES string of the molecule is Cc1cc(Cl)cc(-c2onc(N)c2-c2ccc(Br)cc2)c1. The molecule has 21 heavy (non-hydrogen) atoms. The van der Waals surface area contributed by atoms with Crippen molar-refractivity contribution in [1.82, 2.24) is 5.16 Å². The molecule has 0 atom stereocenters. The molecule has 0 amide bonds. The number of anilines is 1. The van der Waals surface area contributed by atoms with Crippen LogP contribution in [0.1, 0.15) is 5.56 Å². The van der Waals surface area contributed by atoms with Crippen LogP contribution < -0.4 is 5.73 Å². The topological polar surface area (TPSA) is 52.0 Å². The summed E-state index contributed by atoms with van der Waals surface area (Å²) in [7, 11) is 0. The minimum atomic E-state index is 0.366. The van der Waals surface area contributed by atoms with Crippen molar-refractivity contribution in [2.45, 2.75) is 6.92 Å². The van der Waals surface area contributed by atoms with Crippen LogP contribution in [0.4, 0.5) is 5.82 Å². The molecular formula is C16H12BrClN2O. The predicted molar refractivity (Wildman–Crippen MR) is 89.2 cm³/mol. The second-order valence-electron chi connectivity index (χ2n) is 4.80. The normalized spacial score (nSPS) is 10.8. The molecular weight excluding hydrogens is 352 g/mol. The minimum absolute atomic E-state index is 0.366. The van der Waals surface area contributed by atoms with Crippen LogP contribution in [0, 0.1) is 6.92 Å². The Morgan fingerprint density at radius 1 is 1.10 bits per heavy atom. The molecule has 0 aliphatic rings. The van der Waals surface area contributed by atoms with E-state index in [1.54, 1.807) is 0 Å². The largest absolute Gasteiger partial charge is 0.380 e. The van der Waals surface area contributed by atoms with E-state index in [9.17, 15) is 0 Å². The Hall–Kier alpha value is -1.78. The first kappa shape index (κ1) is 14.2. The van der Waals surface area contributed by atoms with Gasteiger partial charge in [-0.15, -0.1) is 0 Å². The lowest BCUT2D eigenvalue weighted by atomic mass is 10.0. The van der Waals surface area contributed by atoms with Gasteiger partial charge in [0.2, 0.25) is 0 Å². The number of aryl methyl sites for hydroxylation is 1. The Morgan fingerprint density at radius 2 is 1.81 bits per heavy atom. The summed E-state index contributed by atoms with van der Waals surface area (Å²) >= 11 is 9.55. The fourth-order valence-electron chi connectivity index (χ4n) is 2.26. The van der Waals surface area contributed by atoms with Gasteiger partial charge in [0.05, 0.1) is 5.56 Å². The fourth-order valence-corrected chi connectivity index (χ4v) is 2.82. The van der Waals surface area contributed by atoms with E-state index in [2.05, 4.69) is 21.1 Å². The zero-order valence-corrected chi connectivity index (χ0v) is 13.6. The average Bonchev–Trinajstić information content (AvgIpc) is 2.80. The van der Waals surface area contributed by atoms with Gasteiger partial charge in [-0.25, -0.2) is 0 Å². The molecule has 5 heteroatoms. The van der Waals surface area contributed by atoms with Crippen LogP contribution >= 0.6 is 27.5 Å². The van der Waals surface area contributed by atoms with Crippen molar-refractivity contribution in [3.63, 3.8) is 0 Å². The molecule has 2 aromatic carbocycles. The number of nitrogen functional groups attached to an aromatic ring is 1. The summed E-state index contributed by atoms with van der Waals surface area (Å²) in [6.07, 6.45) is 0. The zero-order chi connectivity index (χ0) is 15.0. The first-order valence-corrected chi connectivity index (χ1v) is 7.50. The third kappa shape index (κ3) is 2.82. The van der Waals surface area contributed by atoms with Gasteiger partial charge in [-0.1, -0.05) is 44.8 Å². The Bertz CT molecular complexity index is 776. The highest BCUT2D eigenvalue weighted by Gasteiger charge is 2.18. The van der Waals surface area contributed by atoms with Gasteiger partial charge in [0, 0.05) is 15.1 Å². The Kier molecular flexibility index (Phi) is 3.74. The standard InChI is InChI=1S/C16H12BrClN2O/c1-9-6-11(8-13(18)7-9)15-14(16(19)20-21-15)10-2-4-12(17)5-3-10/h2-8H,1H3,(H2,19,20). The molecule has 2 N–H and O–H groups in total. The summed E-state index contributed by atoms with van der Waals surface area (Å²) in [5.41, 5.74) is 9.62. The molecule has 0 saturated heterocycles. The first-order chi connectivity index (χ1) is 10.0. The van der Waals surface area contributed by atoms with Crippen molar-refractivity contribution >= 4 is 33.3 Å². The van der Waals surface area contributed by atoms with Gasteiger partial charge in [0.15, 0.2) is 11.6 Å².